The Morgan fingerprint density at radius 1 is 1.50 bits per heavy atom. The molecule has 0 aliphatic carbocycles. The molecule has 1 N–H and O–H groups in total. The highest BCUT2D eigenvalue weighted by molar-refractivity contribution is 5.87. The summed E-state index contributed by atoms with van der Waals surface area (Å²) in [5.41, 5.74) is 0.229. The molecule has 0 bridgehead atoms. The second-order valence-corrected chi connectivity index (χ2v) is 2.49. The van der Waals surface area contributed by atoms with E-state index >= 15 is 0 Å². The Labute approximate surface area is 81.6 Å². The molecule has 78 valence electrons. The van der Waals surface area contributed by atoms with Gasteiger partial charge in [-0.15, -0.1) is 0 Å². The molecular weight excluding hydrogens is 188 g/mol. The summed E-state index contributed by atoms with van der Waals surface area (Å²) >= 11 is 0. The maximum atomic E-state index is 10.9. The maximum Gasteiger partial charge on any atom is 0.511 e. The van der Waals surface area contributed by atoms with Crippen molar-refractivity contribution in [1.29, 1.82) is 0 Å². The van der Waals surface area contributed by atoms with Gasteiger partial charge in [0.1, 0.15) is 12.0 Å². The molecule has 0 saturated carbocycles. The Balaban J connectivity index is 4.24. The van der Waals surface area contributed by atoms with Crippen LogP contribution < -0.4 is 0 Å². The lowest BCUT2D eigenvalue weighted by molar-refractivity contribution is -0.133. The zero-order valence-electron chi connectivity index (χ0n) is 8.07. The summed E-state index contributed by atoms with van der Waals surface area (Å²) in [6.45, 7) is 6.51. The minimum atomic E-state index is -1.44. The molecule has 0 aromatic carbocycles. The topological polar surface area (TPSA) is 72.8 Å². The molecule has 0 fully saturated rings. The third kappa shape index (κ3) is 4.97. The first-order valence-electron chi connectivity index (χ1n) is 3.93. The van der Waals surface area contributed by atoms with Crippen molar-refractivity contribution in [2.45, 2.75) is 20.3 Å². The molecule has 0 amide bonds. The molecule has 0 aliphatic heterocycles. The Morgan fingerprint density at radius 2 is 2.07 bits per heavy atom. The van der Waals surface area contributed by atoms with Crippen molar-refractivity contribution < 1.29 is 24.2 Å². The van der Waals surface area contributed by atoms with E-state index in [2.05, 4.69) is 16.1 Å². The maximum absolute atomic E-state index is 10.9. The van der Waals surface area contributed by atoms with Crippen LogP contribution in [0.3, 0.4) is 0 Å². The van der Waals surface area contributed by atoms with Crippen LogP contribution in [0.5, 0.6) is 0 Å². The predicted molar refractivity (Wildman–Crippen MR) is 48.4 cm³/mol. The van der Waals surface area contributed by atoms with Crippen molar-refractivity contribution in [2.24, 2.45) is 0 Å². The normalized spacial score (nSPS) is 10.6. The van der Waals surface area contributed by atoms with Crippen LogP contribution in [-0.4, -0.2) is 17.2 Å². The number of ether oxygens (including phenoxy) is 2. The van der Waals surface area contributed by atoms with Crippen LogP contribution in [0.1, 0.15) is 20.3 Å². The number of rotatable bonds is 4. The van der Waals surface area contributed by atoms with Gasteiger partial charge in [0.25, 0.3) is 0 Å². The summed E-state index contributed by atoms with van der Waals surface area (Å²) in [6.07, 6.45) is -0.162. The number of carboxylic acid groups (broad SMARTS) is 1. The number of esters is 1. The highest BCUT2D eigenvalue weighted by Gasteiger charge is 2.05. The lowest BCUT2D eigenvalue weighted by Crippen LogP contribution is -2.04. The van der Waals surface area contributed by atoms with Gasteiger partial charge < -0.3 is 14.6 Å². The number of carbonyl (C=O) groups excluding carboxylic acids is 1. The Bertz CT molecular complexity index is 277. The number of hydrogen-bond acceptors (Lipinski definition) is 4. The molecule has 0 atom stereocenters. The SMILES string of the molecule is C=C(C)C(=O)OC=C(CC)OC(=O)O. The van der Waals surface area contributed by atoms with Gasteiger partial charge in [-0.25, -0.2) is 9.59 Å². The molecule has 5 heteroatoms. The fourth-order valence-corrected chi connectivity index (χ4v) is 0.512. The Kier molecular flexibility index (Phi) is 5.06. The summed E-state index contributed by atoms with van der Waals surface area (Å²) in [5, 5.41) is 8.27. The highest BCUT2D eigenvalue weighted by Crippen LogP contribution is 2.04. The van der Waals surface area contributed by atoms with Crippen LogP contribution in [0.4, 0.5) is 4.79 Å². The first-order valence-corrected chi connectivity index (χ1v) is 3.93. The third-order valence-corrected chi connectivity index (χ3v) is 1.21. The van der Waals surface area contributed by atoms with Gasteiger partial charge in [-0.3, -0.25) is 0 Å². The molecule has 0 aromatic heterocycles. The van der Waals surface area contributed by atoms with E-state index in [0.717, 1.165) is 6.26 Å². The van der Waals surface area contributed by atoms with Gasteiger partial charge in [-0.05, 0) is 6.92 Å². The molecule has 0 saturated heterocycles. The van der Waals surface area contributed by atoms with Crippen LogP contribution in [0.25, 0.3) is 0 Å². The Hall–Kier alpha value is -1.78. The van der Waals surface area contributed by atoms with Crippen molar-refractivity contribution in [3.8, 4) is 0 Å². The lowest BCUT2D eigenvalue weighted by Gasteiger charge is -2.02. The molecule has 14 heavy (non-hydrogen) atoms. The van der Waals surface area contributed by atoms with E-state index in [-0.39, 0.29) is 11.3 Å². The fraction of sp³-hybridized carbons (Fsp3) is 0.333. The minimum absolute atomic E-state index is 0.0621. The summed E-state index contributed by atoms with van der Waals surface area (Å²) in [4.78, 5) is 21.0. The zero-order valence-corrected chi connectivity index (χ0v) is 8.07. The quantitative estimate of drug-likeness (QED) is 0.427. The van der Waals surface area contributed by atoms with E-state index in [0.29, 0.717) is 6.42 Å². The molecule has 0 unspecified atom stereocenters. The zero-order chi connectivity index (χ0) is 11.1. The molecule has 5 nitrogen and oxygen atoms in total. The average molecular weight is 200 g/mol. The van der Waals surface area contributed by atoms with Crippen LogP contribution in [0.15, 0.2) is 24.2 Å². The largest absolute Gasteiger partial charge is 0.511 e. The van der Waals surface area contributed by atoms with Gasteiger partial charge in [-0.2, -0.15) is 0 Å². The molecule has 0 aliphatic rings. The van der Waals surface area contributed by atoms with Crippen molar-refractivity contribution in [3.63, 3.8) is 0 Å². The third-order valence-electron chi connectivity index (χ3n) is 1.21. The second kappa shape index (κ2) is 5.80. The summed E-state index contributed by atoms with van der Waals surface area (Å²) < 4.78 is 8.87. The monoisotopic (exact) mass is 200 g/mol. The van der Waals surface area contributed by atoms with E-state index in [1.165, 1.54) is 6.92 Å². The van der Waals surface area contributed by atoms with E-state index in [9.17, 15) is 9.59 Å². The minimum Gasteiger partial charge on any atom is -0.449 e. The summed E-state index contributed by atoms with van der Waals surface area (Å²) in [5.74, 6) is -0.558. The van der Waals surface area contributed by atoms with Crippen LogP contribution >= 0.6 is 0 Å². The van der Waals surface area contributed by atoms with Gasteiger partial charge in [0.05, 0.1) is 0 Å². The van der Waals surface area contributed by atoms with Crippen LogP contribution in [0.2, 0.25) is 0 Å². The first kappa shape index (κ1) is 12.2. The van der Waals surface area contributed by atoms with Crippen LogP contribution in [0, 0.1) is 0 Å². The molecule has 0 radical (unpaired) electrons. The van der Waals surface area contributed by atoms with E-state index in [1.807, 2.05) is 0 Å². The van der Waals surface area contributed by atoms with E-state index in [1.54, 1.807) is 6.92 Å². The number of carbonyl (C=O) groups is 2. The molecule has 0 aromatic rings. The Morgan fingerprint density at radius 3 is 2.43 bits per heavy atom. The number of allylic oxidation sites excluding steroid dienone is 1. The van der Waals surface area contributed by atoms with Crippen molar-refractivity contribution in [3.05, 3.63) is 24.2 Å². The van der Waals surface area contributed by atoms with Gasteiger partial charge in [-0.1, -0.05) is 13.5 Å². The number of hydrogen-bond donors (Lipinski definition) is 1. The molecule has 0 heterocycles. The lowest BCUT2D eigenvalue weighted by atomic mass is 10.4. The van der Waals surface area contributed by atoms with Crippen molar-refractivity contribution in [2.75, 3.05) is 0 Å². The summed E-state index contributed by atoms with van der Waals surface area (Å²) in [6, 6.07) is 0. The predicted octanol–water partition coefficient (Wildman–Crippen LogP) is 2.05. The van der Waals surface area contributed by atoms with Crippen molar-refractivity contribution in [1.82, 2.24) is 0 Å². The van der Waals surface area contributed by atoms with Gasteiger partial charge in [0.2, 0.25) is 0 Å². The standard InChI is InChI=1S/C9H12O5/c1-4-7(14-9(11)12)5-13-8(10)6(2)3/h5H,2,4H2,1,3H3,(H,11,12). The smallest absolute Gasteiger partial charge is 0.449 e. The summed E-state index contributed by atoms with van der Waals surface area (Å²) in [7, 11) is 0. The molecular formula is C9H12O5. The van der Waals surface area contributed by atoms with E-state index < -0.39 is 12.1 Å². The second-order valence-electron chi connectivity index (χ2n) is 2.49. The first-order chi connectivity index (χ1) is 6.47. The van der Waals surface area contributed by atoms with Crippen molar-refractivity contribution >= 4 is 12.1 Å². The van der Waals surface area contributed by atoms with Gasteiger partial charge >= 0.3 is 12.1 Å². The highest BCUT2D eigenvalue weighted by atomic mass is 16.7. The molecule has 0 spiro atoms. The average Bonchev–Trinajstić information content (AvgIpc) is 2.10. The van der Waals surface area contributed by atoms with E-state index in [4.69, 9.17) is 5.11 Å². The van der Waals surface area contributed by atoms with Gasteiger partial charge in [0, 0.05) is 12.0 Å². The fourth-order valence-electron chi connectivity index (χ4n) is 0.512. The van der Waals surface area contributed by atoms with Crippen LogP contribution in [-0.2, 0) is 14.3 Å². The molecule has 0 rings (SSSR count). The van der Waals surface area contributed by atoms with Gasteiger partial charge in [0.15, 0.2) is 0 Å².